The van der Waals surface area contributed by atoms with Crippen molar-refractivity contribution < 1.29 is 4.79 Å². The van der Waals surface area contributed by atoms with Gasteiger partial charge >= 0.3 is 0 Å². The molecule has 4 rings (SSSR count). The van der Waals surface area contributed by atoms with Crippen molar-refractivity contribution in [1.82, 2.24) is 15.1 Å². The molecule has 0 spiro atoms. The van der Waals surface area contributed by atoms with Gasteiger partial charge in [-0.2, -0.15) is 5.10 Å². The number of hydrogen-bond acceptors (Lipinski definition) is 4. The van der Waals surface area contributed by atoms with Crippen molar-refractivity contribution in [3.8, 4) is 0 Å². The standard InChI is InChI=1S/C20H23N5O/c1-25-11-9-14(10-12-25)22-18-6-2-3-7-19(18)23-20(26)15-5-4-8-17-16(15)13-21-24-17/h2-8,13-14,22H,9-12H2,1H3,(H,21,24)(H,23,26). The van der Waals surface area contributed by atoms with Gasteiger partial charge in [0.15, 0.2) is 0 Å². The SMILES string of the molecule is CN1CCC(Nc2ccccc2NC(=O)c2cccc3[nH]ncc23)CC1. The Kier molecular flexibility index (Phi) is 4.58. The number of H-pyrrole nitrogens is 1. The molecule has 3 N–H and O–H groups in total. The van der Waals surface area contributed by atoms with E-state index in [2.05, 4.69) is 32.8 Å². The molecule has 0 unspecified atom stereocenters. The Balaban J connectivity index is 1.53. The maximum absolute atomic E-state index is 12.8. The zero-order valence-electron chi connectivity index (χ0n) is 14.8. The molecule has 0 aliphatic carbocycles. The average molecular weight is 349 g/mol. The Hall–Kier alpha value is -2.86. The lowest BCUT2D eigenvalue weighted by Crippen LogP contribution is -2.36. The van der Waals surface area contributed by atoms with Crippen molar-refractivity contribution in [3.63, 3.8) is 0 Å². The van der Waals surface area contributed by atoms with Gasteiger partial charge in [-0.3, -0.25) is 9.89 Å². The summed E-state index contributed by atoms with van der Waals surface area (Å²) >= 11 is 0. The molecule has 0 radical (unpaired) electrons. The van der Waals surface area contributed by atoms with E-state index in [9.17, 15) is 4.79 Å². The number of carbonyl (C=O) groups excluding carboxylic acids is 1. The molecule has 1 aliphatic rings. The minimum atomic E-state index is -0.130. The van der Waals surface area contributed by atoms with Crippen molar-refractivity contribution >= 4 is 28.2 Å². The average Bonchev–Trinajstić information content (AvgIpc) is 3.14. The van der Waals surface area contributed by atoms with E-state index in [0.29, 0.717) is 11.6 Å². The number of amides is 1. The zero-order valence-corrected chi connectivity index (χ0v) is 14.8. The Labute approximate surface area is 152 Å². The summed E-state index contributed by atoms with van der Waals surface area (Å²) < 4.78 is 0. The fourth-order valence-corrected chi connectivity index (χ4v) is 3.45. The molecule has 0 atom stereocenters. The van der Waals surface area contributed by atoms with E-state index in [1.807, 2.05) is 42.5 Å². The summed E-state index contributed by atoms with van der Waals surface area (Å²) in [6, 6.07) is 13.9. The summed E-state index contributed by atoms with van der Waals surface area (Å²) in [5.74, 6) is -0.130. The maximum atomic E-state index is 12.8. The third-order valence-corrected chi connectivity index (χ3v) is 4.98. The number of piperidine rings is 1. The van der Waals surface area contributed by atoms with Crippen molar-refractivity contribution in [1.29, 1.82) is 0 Å². The summed E-state index contributed by atoms with van der Waals surface area (Å²) in [7, 11) is 2.15. The highest BCUT2D eigenvalue weighted by Crippen LogP contribution is 2.26. The summed E-state index contributed by atoms with van der Waals surface area (Å²) in [6.45, 7) is 2.18. The number of aromatic amines is 1. The quantitative estimate of drug-likeness (QED) is 0.676. The topological polar surface area (TPSA) is 73.0 Å². The van der Waals surface area contributed by atoms with Crippen LogP contribution in [0.25, 0.3) is 10.9 Å². The number of fused-ring (bicyclic) bond motifs is 1. The summed E-state index contributed by atoms with van der Waals surface area (Å²) in [5.41, 5.74) is 3.24. The number of anilines is 2. The molecule has 0 saturated carbocycles. The van der Waals surface area contributed by atoms with Crippen molar-refractivity contribution in [2.45, 2.75) is 18.9 Å². The van der Waals surface area contributed by atoms with E-state index in [-0.39, 0.29) is 5.91 Å². The smallest absolute Gasteiger partial charge is 0.256 e. The molecule has 0 bridgehead atoms. The molecule has 1 fully saturated rings. The van der Waals surface area contributed by atoms with Crippen LogP contribution in [-0.4, -0.2) is 47.2 Å². The Morgan fingerprint density at radius 1 is 1.12 bits per heavy atom. The highest BCUT2D eigenvalue weighted by atomic mass is 16.1. The Morgan fingerprint density at radius 3 is 2.69 bits per heavy atom. The molecular formula is C20H23N5O. The van der Waals surface area contributed by atoms with Crippen molar-refractivity contribution in [3.05, 3.63) is 54.2 Å². The first-order chi connectivity index (χ1) is 12.7. The van der Waals surface area contributed by atoms with Gasteiger partial charge in [0.2, 0.25) is 0 Å². The van der Waals surface area contributed by atoms with E-state index in [1.165, 1.54) is 0 Å². The normalized spacial score (nSPS) is 15.9. The molecule has 1 aliphatic heterocycles. The summed E-state index contributed by atoms with van der Waals surface area (Å²) in [6.07, 6.45) is 3.90. The minimum absolute atomic E-state index is 0.130. The number of hydrogen-bond donors (Lipinski definition) is 3. The van der Waals surface area contributed by atoms with Crippen LogP contribution in [0.15, 0.2) is 48.7 Å². The lowest BCUT2D eigenvalue weighted by molar-refractivity contribution is 0.102. The number of carbonyl (C=O) groups is 1. The Bertz CT molecular complexity index is 911. The van der Waals surface area contributed by atoms with Gasteiger partial charge in [0, 0.05) is 11.4 Å². The first-order valence-electron chi connectivity index (χ1n) is 8.98. The third-order valence-electron chi connectivity index (χ3n) is 4.98. The number of para-hydroxylation sites is 2. The molecule has 3 aromatic rings. The number of aromatic nitrogens is 2. The maximum Gasteiger partial charge on any atom is 0.256 e. The highest BCUT2D eigenvalue weighted by molar-refractivity contribution is 6.13. The number of nitrogens with zero attached hydrogens (tertiary/aromatic N) is 2. The molecular weight excluding hydrogens is 326 g/mol. The minimum Gasteiger partial charge on any atom is -0.381 e. The number of rotatable bonds is 4. The molecule has 1 aromatic heterocycles. The van der Waals surface area contributed by atoms with E-state index in [0.717, 1.165) is 48.2 Å². The van der Waals surface area contributed by atoms with Crippen LogP contribution >= 0.6 is 0 Å². The lowest BCUT2D eigenvalue weighted by atomic mass is 10.0. The van der Waals surface area contributed by atoms with Gasteiger partial charge in [-0.1, -0.05) is 18.2 Å². The molecule has 134 valence electrons. The molecule has 1 saturated heterocycles. The molecule has 26 heavy (non-hydrogen) atoms. The molecule has 6 heteroatoms. The second kappa shape index (κ2) is 7.17. The van der Waals surface area contributed by atoms with Crippen molar-refractivity contribution in [2.24, 2.45) is 0 Å². The van der Waals surface area contributed by atoms with Crippen molar-refractivity contribution in [2.75, 3.05) is 30.8 Å². The highest BCUT2D eigenvalue weighted by Gasteiger charge is 2.18. The monoisotopic (exact) mass is 349 g/mol. The number of likely N-dealkylation sites (tertiary alicyclic amines) is 1. The first-order valence-corrected chi connectivity index (χ1v) is 8.98. The van der Waals surface area contributed by atoms with E-state index in [1.54, 1.807) is 6.20 Å². The fourth-order valence-electron chi connectivity index (χ4n) is 3.45. The second-order valence-electron chi connectivity index (χ2n) is 6.86. The predicted molar refractivity (Wildman–Crippen MR) is 105 cm³/mol. The van der Waals surface area contributed by atoms with Gasteiger partial charge in [-0.15, -0.1) is 0 Å². The number of benzene rings is 2. The first kappa shape index (κ1) is 16.6. The van der Waals surface area contributed by atoms with E-state index in [4.69, 9.17) is 0 Å². The van der Waals surface area contributed by atoms with Gasteiger partial charge < -0.3 is 15.5 Å². The second-order valence-corrected chi connectivity index (χ2v) is 6.86. The summed E-state index contributed by atoms with van der Waals surface area (Å²) in [5, 5.41) is 14.4. The fraction of sp³-hybridized carbons (Fsp3) is 0.300. The molecule has 1 amide bonds. The number of nitrogens with one attached hydrogen (secondary N) is 3. The van der Waals surface area contributed by atoms with Crippen LogP contribution in [0.4, 0.5) is 11.4 Å². The van der Waals surface area contributed by atoms with Crippen LogP contribution < -0.4 is 10.6 Å². The summed E-state index contributed by atoms with van der Waals surface area (Å²) in [4.78, 5) is 15.2. The van der Waals surface area contributed by atoms with Crippen LogP contribution in [0.5, 0.6) is 0 Å². The van der Waals surface area contributed by atoms with Crippen LogP contribution in [0.1, 0.15) is 23.2 Å². The third kappa shape index (κ3) is 3.41. The molecule has 2 heterocycles. The Morgan fingerprint density at radius 2 is 1.88 bits per heavy atom. The largest absolute Gasteiger partial charge is 0.381 e. The van der Waals surface area contributed by atoms with E-state index < -0.39 is 0 Å². The van der Waals surface area contributed by atoms with Gasteiger partial charge in [0.25, 0.3) is 5.91 Å². The van der Waals surface area contributed by atoms with Gasteiger partial charge in [-0.05, 0) is 57.2 Å². The lowest BCUT2D eigenvalue weighted by Gasteiger charge is -2.30. The van der Waals surface area contributed by atoms with Gasteiger partial charge in [0.05, 0.1) is 28.7 Å². The van der Waals surface area contributed by atoms with Gasteiger partial charge in [0.1, 0.15) is 0 Å². The molecule has 6 nitrogen and oxygen atoms in total. The van der Waals surface area contributed by atoms with Crippen LogP contribution in [0, 0.1) is 0 Å². The van der Waals surface area contributed by atoms with Gasteiger partial charge in [-0.25, -0.2) is 0 Å². The zero-order chi connectivity index (χ0) is 17.9. The van der Waals surface area contributed by atoms with E-state index >= 15 is 0 Å². The van der Waals surface area contributed by atoms with Crippen LogP contribution in [0.2, 0.25) is 0 Å². The van der Waals surface area contributed by atoms with Crippen LogP contribution in [-0.2, 0) is 0 Å². The van der Waals surface area contributed by atoms with Crippen LogP contribution in [0.3, 0.4) is 0 Å². The molecule has 2 aromatic carbocycles. The predicted octanol–water partition coefficient (Wildman–Crippen LogP) is 3.32.